The van der Waals surface area contributed by atoms with Crippen LogP contribution in [0.2, 0.25) is 0 Å². The Hall–Kier alpha value is -2.10. The van der Waals surface area contributed by atoms with E-state index in [4.69, 9.17) is 9.15 Å². The molecule has 2 rings (SSSR count). The number of aromatic nitrogens is 1. The third-order valence-electron chi connectivity index (χ3n) is 5.40. The van der Waals surface area contributed by atoms with Crippen LogP contribution < -0.4 is 10.4 Å². The number of unbranched alkanes of at least 4 members (excludes halogenated alkanes) is 12. The molecule has 0 amide bonds. The van der Waals surface area contributed by atoms with Crippen LogP contribution in [0.5, 0.6) is 6.08 Å². The van der Waals surface area contributed by atoms with Gasteiger partial charge in [-0.3, -0.25) is 0 Å². The van der Waals surface area contributed by atoms with Gasteiger partial charge in [0.1, 0.15) is 0 Å². The van der Waals surface area contributed by atoms with Crippen LogP contribution in [-0.4, -0.2) is 11.6 Å². The Morgan fingerprint density at radius 2 is 1.43 bits per heavy atom. The maximum Gasteiger partial charge on any atom is 0.397 e. The van der Waals surface area contributed by atoms with Gasteiger partial charge in [-0.25, -0.2) is 4.79 Å². The summed E-state index contributed by atoms with van der Waals surface area (Å²) in [5.41, 5.74) is 0.226. The van der Waals surface area contributed by atoms with Gasteiger partial charge < -0.3 is 9.15 Å². The van der Waals surface area contributed by atoms with E-state index in [1.807, 2.05) is 6.07 Å². The number of hydrogen-bond donors (Lipinski definition) is 0. The van der Waals surface area contributed by atoms with Gasteiger partial charge in [0.25, 0.3) is 0 Å². The summed E-state index contributed by atoms with van der Waals surface area (Å²) >= 11 is 0. The zero-order valence-corrected chi connectivity index (χ0v) is 18.7. The molecule has 0 aliphatic carbocycles. The molecular formula is C26H39NO3. The summed E-state index contributed by atoms with van der Waals surface area (Å²) < 4.78 is 10.7. The lowest BCUT2D eigenvalue weighted by molar-refractivity contribution is 0.211. The zero-order valence-electron chi connectivity index (χ0n) is 18.7. The predicted molar refractivity (Wildman–Crippen MR) is 125 cm³/mol. The van der Waals surface area contributed by atoms with Crippen LogP contribution in [0.3, 0.4) is 0 Å². The molecule has 0 unspecified atom stereocenters. The largest absolute Gasteiger partial charge is 0.450 e. The first-order chi connectivity index (χ1) is 14.8. The monoisotopic (exact) mass is 413 g/mol. The second-order valence-corrected chi connectivity index (χ2v) is 8.07. The number of rotatable bonds is 17. The Labute approximate surface area is 181 Å². The number of nitrogens with zero attached hydrogens (tertiary/aromatic N) is 1. The SMILES string of the molecule is CCCCCC/C=C/CCCCCCCCCCOc1nc2ccccc2c(=O)o1. The van der Waals surface area contributed by atoms with Crippen molar-refractivity contribution in [3.8, 4) is 6.08 Å². The number of hydrogen-bond acceptors (Lipinski definition) is 4. The molecule has 0 aliphatic rings. The van der Waals surface area contributed by atoms with Gasteiger partial charge in [0.05, 0.1) is 17.5 Å². The highest BCUT2D eigenvalue weighted by molar-refractivity contribution is 5.76. The van der Waals surface area contributed by atoms with Crippen LogP contribution in [0, 0.1) is 0 Å². The molecule has 0 spiro atoms. The van der Waals surface area contributed by atoms with E-state index >= 15 is 0 Å². The Morgan fingerprint density at radius 3 is 2.13 bits per heavy atom. The van der Waals surface area contributed by atoms with Gasteiger partial charge in [-0.05, 0) is 44.2 Å². The minimum Gasteiger partial charge on any atom is -0.450 e. The summed E-state index contributed by atoms with van der Waals surface area (Å²) in [6.45, 7) is 2.80. The lowest BCUT2D eigenvalue weighted by atomic mass is 10.1. The van der Waals surface area contributed by atoms with Crippen molar-refractivity contribution in [2.45, 2.75) is 96.8 Å². The number of benzene rings is 1. The Bertz CT molecular complexity index is 781. The Balaban J connectivity index is 1.40. The van der Waals surface area contributed by atoms with Crippen molar-refractivity contribution < 1.29 is 9.15 Å². The second kappa shape index (κ2) is 15.7. The van der Waals surface area contributed by atoms with E-state index in [-0.39, 0.29) is 6.08 Å². The molecule has 0 fully saturated rings. The Kier molecular flexibility index (Phi) is 12.7. The summed E-state index contributed by atoms with van der Waals surface area (Å²) in [7, 11) is 0. The summed E-state index contributed by atoms with van der Waals surface area (Å²) in [6.07, 6.45) is 22.7. The minimum atomic E-state index is -0.391. The van der Waals surface area contributed by atoms with Crippen molar-refractivity contribution in [3.63, 3.8) is 0 Å². The molecule has 1 aromatic heterocycles. The molecule has 4 heteroatoms. The van der Waals surface area contributed by atoms with Gasteiger partial charge in [-0.2, -0.15) is 4.98 Å². The third-order valence-corrected chi connectivity index (χ3v) is 5.40. The van der Waals surface area contributed by atoms with Gasteiger partial charge in [0.2, 0.25) is 0 Å². The van der Waals surface area contributed by atoms with Crippen molar-refractivity contribution >= 4 is 10.9 Å². The summed E-state index contributed by atoms with van der Waals surface area (Å²) in [5, 5.41) is 0.489. The van der Waals surface area contributed by atoms with E-state index < -0.39 is 5.63 Å². The molecule has 1 aromatic carbocycles. The van der Waals surface area contributed by atoms with Gasteiger partial charge in [-0.1, -0.05) is 89.0 Å². The van der Waals surface area contributed by atoms with Crippen LogP contribution in [-0.2, 0) is 0 Å². The lowest BCUT2D eigenvalue weighted by Gasteiger charge is -2.04. The quantitative estimate of drug-likeness (QED) is 0.198. The zero-order chi connectivity index (χ0) is 21.3. The van der Waals surface area contributed by atoms with E-state index in [0.717, 1.165) is 12.8 Å². The highest BCUT2D eigenvalue weighted by Crippen LogP contribution is 2.13. The van der Waals surface area contributed by atoms with Crippen molar-refractivity contribution in [2.75, 3.05) is 6.61 Å². The first-order valence-electron chi connectivity index (χ1n) is 12.0. The van der Waals surface area contributed by atoms with E-state index in [2.05, 4.69) is 24.1 Å². The average Bonchev–Trinajstić information content (AvgIpc) is 2.76. The van der Waals surface area contributed by atoms with Crippen LogP contribution in [0.1, 0.15) is 96.8 Å². The highest BCUT2D eigenvalue weighted by atomic mass is 16.6. The fourth-order valence-electron chi connectivity index (χ4n) is 3.57. The molecule has 0 N–H and O–H groups in total. The van der Waals surface area contributed by atoms with Crippen LogP contribution in [0.4, 0.5) is 0 Å². The molecule has 0 radical (unpaired) electrons. The maximum atomic E-state index is 11.9. The second-order valence-electron chi connectivity index (χ2n) is 8.07. The topological polar surface area (TPSA) is 52.3 Å². The van der Waals surface area contributed by atoms with E-state index in [1.165, 1.54) is 77.0 Å². The Morgan fingerprint density at radius 1 is 0.833 bits per heavy atom. The number of para-hydroxylation sites is 1. The average molecular weight is 414 g/mol. The molecular weight excluding hydrogens is 374 g/mol. The molecule has 0 atom stereocenters. The normalized spacial score (nSPS) is 11.5. The van der Waals surface area contributed by atoms with Gasteiger partial charge in [0, 0.05) is 0 Å². The fraction of sp³-hybridized carbons (Fsp3) is 0.615. The van der Waals surface area contributed by atoms with Crippen molar-refractivity contribution in [1.82, 2.24) is 4.98 Å². The first-order valence-corrected chi connectivity index (χ1v) is 12.0. The standard InChI is InChI=1S/C26H39NO3/c1-2-3-4-5-6-7-8-9-10-11-12-13-14-15-16-19-22-29-26-27-24-21-18-17-20-23(24)25(28)30-26/h7-8,17-18,20-21H,2-6,9-16,19,22H2,1H3/b8-7+. The minimum absolute atomic E-state index is 0.0775. The molecule has 30 heavy (non-hydrogen) atoms. The predicted octanol–water partition coefficient (Wildman–Crippen LogP) is 7.60. The van der Waals surface area contributed by atoms with E-state index in [0.29, 0.717) is 17.5 Å². The van der Waals surface area contributed by atoms with Gasteiger partial charge >= 0.3 is 11.7 Å². The molecule has 0 saturated heterocycles. The summed E-state index contributed by atoms with van der Waals surface area (Å²) in [6, 6.07) is 7.16. The van der Waals surface area contributed by atoms with Crippen molar-refractivity contribution in [2.24, 2.45) is 0 Å². The molecule has 0 bridgehead atoms. The number of ether oxygens (including phenoxy) is 1. The maximum absolute atomic E-state index is 11.9. The van der Waals surface area contributed by atoms with Crippen LogP contribution >= 0.6 is 0 Å². The first kappa shape index (κ1) is 24.2. The molecule has 0 aliphatic heterocycles. The molecule has 4 nitrogen and oxygen atoms in total. The fourth-order valence-corrected chi connectivity index (χ4v) is 3.57. The molecule has 166 valence electrons. The lowest BCUT2D eigenvalue weighted by Crippen LogP contribution is -2.06. The number of fused-ring (bicyclic) bond motifs is 1. The van der Waals surface area contributed by atoms with Gasteiger partial charge in [0.15, 0.2) is 0 Å². The van der Waals surface area contributed by atoms with Crippen molar-refractivity contribution in [1.29, 1.82) is 0 Å². The van der Waals surface area contributed by atoms with Crippen molar-refractivity contribution in [3.05, 3.63) is 46.8 Å². The third kappa shape index (κ3) is 10.1. The van der Waals surface area contributed by atoms with Crippen LogP contribution in [0.25, 0.3) is 10.9 Å². The molecule has 0 saturated carbocycles. The molecule has 2 aromatic rings. The van der Waals surface area contributed by atoms with Crippen LogP contribution in [0.15, 0.2) is 45.6 Å². The van der Waals surface area contributed by atoms with Gasteiger partial charge in [-0.15, -0.1) is 0 Å². The smallest absolute Gasteiger partial charge is 0.397 e. The summed E-state index contributed by atoms with van der Waals surface area (Å²) in [4.78, 5) is 16.1. The van der Waals surface area contributed by atoms with E-state index in [9.17, 15) is 4.79 Å². The molecule has 1 heterocycles. The summed E-state index contributed by atoms with van der Waals surface area (Å²) in [5.74, 6) is 0. The van der Waals surface area contributed by atoms with E-state index in [1.54, 1.807) is 18.2 Å². The number of allylic oxidation sites excluding steroid dienone is 2. The highest BCUT2D eigenvalue weighted by Gasteiger charge is 2.06.